The summed E-state index contributed by atoms with van der Waals surface area (Å²) in [6, 6.07) is 0.387. The van der Waals surface area contributed by atoms with Gasteiger partial charge in [0.15, 0.2) is 0 Å². The lowest BCUT2D eigenvalue weighted by atomic mass is 9.83. The standard InChI is InChI=1S/C16H32N2O/c1-3-16(13-19)18-10-8-17(9-11-18)12-15-6-4-14(2)5-7-15/h14-16,19H,3-13H2,1-2H3. The van der Waals surface area contributed by atoms with E-state index in [4.69, 9.17) is 0 Å². The molecule has 1 N–H and O–H groups in total. The molecular formula is C16H32N2O. The summed E-state index contributed by atoms with van der Waals surface area (Å²) in [5.74, 6) is 1.91. The van der Waals surface area contributed by atoms with Crippen molar-refractivity contribution in [2.75, 3.05) is 39.3 Å². The Hall–Kier alpha value is -0.120. The van der Waals surface area contributed by atoms with Gasteiger partial charge in [0.05, 0.1) is 6.61 Å². The number of rotatable bonds is 5. The monoisotopic (exact) mass is 268 g/mol. The second-order valence-corrected chi connectivity index (χ2v) is 6.71. The summed E-state index contributed by atoms with van der Waals surface area (Å²) in [5.41, 5.74) is 0. The summed E-state index contributed by atoms with van der Waals surface area (Å²) < 4.78 is 0. The van der Waals surface area contributed by atoms with Crippen molar-refractivity contribution >= 4 is 0 Å². The van der Waals surface area contributed by atoms with Crippen LogP contribution in [0.2, 0.25) is 0 Å². The molecule has 0 radical (unpaired) electrons. The third-order valence-electron chi connectivity index (χ3n) is 5.26. The molecule has 112 valence electrons. The molecule has 1 atom stereocenters. The van der Waals surface area contributed by atoms with Gasteiger partial charge in [-0.25, -0.2) is 0 Å². The van der Waals surface area contributed by atoms with Crippen molar-refractivity contribution in [2.24, 2.45) is 11.8 Å². The van der Waals surface area contributed by atoms with Crippen LogP contribution in [0, 0.1) is 11.8 Å². The Morgan fingerprint density at radius 2 is 1.68 bits per heavy atom. The lowest BCUT2D eigenvalue weighted by Gasteiger charge is -2.40. The topological polar surface area (TPSA) is 26.7 Å². The van der Waals surface area contributed by atoms with Gasteiger partial charge in [-0.1, -0.05) is 26.7 Å². The zero-order valence-electron chi connectivity index (χ0n) is 12.9. The molecule has 1 aliphatic heterocycles. The zero-order valence-corrected chi connectivity index (χ0v) is 12.9. The van der Waals surface area contributed by atoms with Crippen LogP contribution >= 0.6 is 0 Å². The van der Waals surface area contributed by atoms with E-state index in [1.54, 1.807) is 0 Å². The molecule has 0 spiro atoms. The van der Waals surface area contributed by atoms with Gasteiger partial charge < -0.3 is 10.0 Å². The lowest BCUT2D eigenvalue weighted by molar-refractivity contribution is 0.0534. The molecule has 3 nitrogen and oxygen atoms in total. The van der Waals surface area contributed by atoms with E-state index in [-0.39, 0.29) is 0 Å². The van der Waals surface area contributed by atoms with Crippen molar-refractivity contribution in [1.29, 1.82) is 0 Å². The molecule has 2 fully saturated rings. The molecule has 3 heteroatoms. The normalized spacial score (nSPS) is 32.4. The third-order valence-corrected chi connectivity index (χ3v) is 5.26. The fourth-order valence-electron chi connectivity index (χ4n) is 3.69. The molecule has 1 saturated carbocycles. The minimum atomic E-state index is 0.316. The average molecular weight is 268 g/mol. The third kappa shape index (κ3) is 4.44. The number of aliphatic hydroxyl groups excluding tert-OH is 1. The Morgan fingerprint density at radius 1 is 1.05 bits per heavy atom. The molecule has 0 aromatic carbocycles. The van der Waals surface area contributed by atoms with E-state index in [1.807, 2.05) is 0 Å². The molecule has 2 rings (SSSR count). The summed E-state index contributed by atoms with van der Waals surface area (Å²) in [4.78, 5) is 5.13. The van der Waals surface area contributed by atoms with Crippen LogP contribution in [-0.2, 0) is 0 Å². The molecule has 0 bridgehead atoms. The molecule has 2 aliphatic rings. The summed E-state index contributed by atoms with van der Waals surface area (Å²) in [7, 11) is 0. The molecule has 1 heterocycles. The first-order chi connectivity index (χ1) is 9.22. The van der Waals surface area contributed by atoms with E-state index in [9.17, 15) is 5.11 Å². The summed E-state index contributed by atoms with van der Waals surface area (Å²) in [5, 5.41) is 9.37. The maximum absolute atomic E-state index is 9.37. The Balaban J connectivity index is 1.68. The van der Waals surface area contributed by atoms with E-state index < -0.39 is 0 Å². The van der Waals surface area contributed by atoms with E-state index in [1.165, 1.54) is 45.3 Å². The number of hydrogen-bond acceptors (Lipinski definition) is 3. The molecular weight excluding hydrogens is 236 g/mol. The van der Waals surface area contributed by atoms with Crippen molar-refractivity contribution in [3.8, 4) is 0 Å². The minimum absolute atomic E-state index is 0.316. The second kappa shape index (κ2) is 7.61. The molecule has 0 aromatic heterocycles. The lowest BCUT2D eigenvalue weighted by Crippen LogP contribution is -2.52. The van der Waals surface area contributed by atoms with Gasteiger partial charge in [-0.15, -0.1) is 0 Å². The summed E-state index contributed by atoms with van der Waals surface area (Å²) in [6.45, 7) is 10.9. The average Bonchev–Trinajstić information content (AvgIpc) is 2.44. The fourth-order valence-corrected chi connectivity index (χ4v) is 3.69. The molecule has 1 aliphatic carbocycles. The first-order valence-corrected chi connectivity index (χ1v) is 8.30. The van der Waals surface area contributed by atoms with Crippen LogP contribution in [0.3, 0.4) is 0 Å². The van der Waals surface area contributed by atoms with Crippen molar-refractivity contribution in [2.45, 2.75) is 52.0 Å². The highest BCUT2D eigenvalue weighted by atomic mass is 16.3. The van der Waals surface area contributed by atoms with Crippen LogP contribution in [0.15, 0.2) is 0 Å². The van der Waals surface area contributed by atoms with Crippen molar-refractivity contribution in [3.05, 3.63) is 0 Å². The number of hydrogen-bond donors (Lipinski definition) is 1. The largest absolute Gasteiger partial charge is 0.395 e. The number of aliphatic hydroxyl groups is 1. The number of piperazine rings is 1. The first kappa shape index (κ1) is 15.3. The summed E-state index contributed by atoms with van der Waals surface area (Å²) >= 11 is 0. The van der Waals surface area contributed by atoms with Crippen LogP contribution in [0.25, 0.3) is 0 Å². The van der Waals surface area contributed by atoms with Gasteiger partial charge in [-0.3, -0.25) is 4.90 Å². The van der Waals surface area contributed by atoms with E-state index in [0.717, 1.165) is 31.3 Å². The predicted molar refractivity (Wildman–Crippen MR) is 80.3 cm³/mol. The van der Waals surface area contributed by atoms with Gasteiger partial charge in [0.2, 0.25) is 0 Å². The van der Waals surface area contributed by atoms with Gasteiger partial charge in [0.1, 0.15) is 0 Å². The Morgan fingerprint density at radius 3 is 2.21 bits per heavy atom. The summed E-state index contributed by atoms with van der Waals surface area (Å²) in [6.07, 6.45) is 6.82. The minimum Gasteiger partial charge on any atom is -0.395 e. The molecule has 0 aromatic rings. The van der Waals surface area contributed by atoms with Gasteiger partial charge in [-0.2, -0.15) is 0 Å². The van der Waals surface area contributed by atoms with Gasteiger partial charge >= 0.3 is 0 Å². The molecule has 1 unspecified atom stereocenters. The Labute approximate surface area is 119 Å². The van der Waals surface area contributed by atoms with Gasteiger partial charge in [0.25, 0.3) is 0 Å². The Bertz CT molecular complexity index is 239. The second-order valence-electron chi connectivity index (χ2n) is 6.71. The highest BCUT2D eigenvalue weighted by Crippen LogP contribution is 2.29. The highest BCUT2D eigenvalue weighted by molar-refractivity contribution is 4.80. The van der Waals surface area contributed by atoms with Crippen molar-refractivity contribution < 1.29 is 5.11 Å². The Kier molecular flexibility index (Phi) is 6.11. The van der Waals surface area contributed by atoms with E-state index >= 15 is 0 Å². The zero-order chi connectivity index (χ0) is 13.7. The molecule has 0 amide bonds. The fraction of sp³-hybridized carbons (Fsp3) is 1.00. The maximum atomic E-state index is 9.37. The van der Waals surface area contributed by atoms with Crippen molar-refractivity contribution in [1.82, 2.24) is 9.80 Å². The smallest absolute Gasteiger partial charge is 0.0586 e. The molecule has 1 saturated heterocycles. The van der Waals surface area contributed by atoms with Crippen LogP contribution in [0.1, 0.15) is 46.0 Å². The van der Waals surface area contributed by atoms with Crippen LogP contribution < -0.4 is 0 Å². The van der Waals surface area contributed by atoms with Crippen LogP contribution in [0.5, 0.6) is 0 Å². The van der Waals surface area contributed by atoms with Gasteiger partial charge in [0, 0.05) is 38.8 Å². The van der Waals surface area contributed by atoms with Crippen molar-refractivity contribution in [3.63, 3.8) is 0 Å². The van der Waals surface area contributed by atoms with E-state index in [0.29, 0.717) is 12.6 Å². The maximum Gasteiger partial charge on any atom is 0.0586 e. The quantitative estimate of drug-likeness (QED) is 0.828. The molecule has 19 heavy (non-hydrogen) atoms. The first-order valence-electron chi connectivity index (χ1n) is 8.30. The predicted octanol–water partition coefficient (Wildman–Crippen LogP) is 2.20. The van der Waals surface area contributed by atoms with E-state index in [2.05, 4.69) is 23.6 Å². The van der Waals surface area contributed by atoms with Crippen LogP contribution in [-0.4, -0.2) is 60.3 Å². The van der Waals surface area contributed by atoms with Crippen LogP contribution in [0.4, 0.5) is 0 Å². The van der Waals surface area contributed by atoms with Gasteiger partial charge in [-0.05, 0) is 31.1 Å². The SMILES string of the molecule is CCC(CO)N1CCN(CC2CCC(C)CC2)CC1. The number of nitrogens with zero attached hydrogens (tertiary/aromatic N) is 2. The highest BCUT2D eigenvalue weighted by Gasteiger charge is 2.25.